The zero-order valence-corrected chi connectivity index (χ0v) is 14.8. The van der Waals surface area contributed by atoms with Crippen LogP contribution in [0.25, 0.3) is 6.08 Å². The number of cyclic esters (lactones) is 1. The number of hydrogen-bond donors (Lipinski definition) is 0. The van der Waals surface area contributed by atoms with E-state index < -0.39 is 0 Å². The third-order valence-electron chi connectivity index (χ3n) is 4.38. The predicted molar refractivity (Wildman–Crippen MR) is 95.8 cm³/mol. The standard InChI is InChI=1S/C20H19BrO2/c1-20(2)16(12-14-6-4-3-5-7-14)13-18(22)23-19(20)15-8-10-17(21)11-9-15/h3-12,19H,13H2,1-2H3/b16-12+. The van der Waals surface area contributed by atoms with Crippen molar-refractivity contribution in [3.8, 4) is 0 Å². The molecule has 0 N–H and O–H groups in total. The summed E-state index contributed by atoms with van der Waals surface area (Å²) in [5.41, 5.74) is 2.98. The Bertz CT molecular complexity index is 730. The smallest absolute Gasteiger partial charge is 0.310 e. The van der Waals surface area contributed by atoms with Crippen molar-refractivity contribution >= 4 is 28.0 Å². The van der Waals surface area contributed by atoms with Crippen LogP contribution in [0.15, 0.2) is 64.6 Å². The van der Waals surface area contributed by atoms with Crippen LogP contribution in [0.3, 0.4) is 0 Å². The van der Waals surface area contributed by atoms with E-state index in [1.165, 1.54) is 0 Å². The van der Waals surface area contributed by atoms with Gasteiger partial charge in [-0.3, -0.25) is 4.79 Å². The maximum absolute atomic E-state index is 12.1. The van der Waals surface area contributed by atoms with Crippen LogP contribution >= 0.6 is 15.9 Å². The third kappa shape index (κ3) is 3.40. The first-order valence-corrected chi connectivity index (χ1v) is 8.47. The van der Waals surface area contributed by atoms with Gasteiger partial charge >= 0.3 is 5.97 Å². The van der Waals surface area contributed by atoms with Crippen molar-refractivity contribution < 1.29 is 9.53 Å². The Hall–Kier alpha value is -1.87. The van der Waals surface area contributed by atoms with E-state index in [4.69, 9.17) is 4.74 Å². The van der Waals surface area contributed by atoms with E-state index in [0.29, 0.717) is 6.42 Å². The fourth-order valence-electron chi connectivity index (χ4n) is 2.98. The summed E-state index contributed by atoms with van der Waals surface area (Å²) in [4.78, 5) is 12.1. The minimum absolute atomic E-state index is 0.167. The van der Waals surface area contributed by atoms with E-state index >= 15 is 0 Å². The van der Waals surface area contributed by atoms with E-state index in [2.05, 4.69) is 48.0 Å². The van der Waals surface area contributed by atoms with Gasteiger partial charge < -0.3 is 4.74 Å². The average molecular weight is 371 g/mol. The van der Waals surface area contributed by atoms with Crippen LogP contribution in [0.4, 0.5) is 0 Å². The van der Waals surface area contributed by atoms with Crippen LogP contribution in [0.5, 0.6) is 0 Å². The minimum atomic E-state index is -0.271. The number of carbonyl (C=O) groups excluding carboxylic acids is 1. The molecule has 0 spiro atoms. The molecule has 1 unspecified atom stereocenters. The van der Waals surface area contributed by atoms with E-state index in [1.807, 2.05) is 42.5 Å². The summed E-state index contributed by atoms with van der Waals surface area (Å²) in [7, 11) is 0. The molecule has 0 radical (unpaired) electrons. The van der Waals surface area contributed by atoms with Gasteiger partial charge in [0.25, 0.3) is 0 Å². The Morgan fingerprint density at radius 3 is 2.39 bits per heavy atom. The van der Waals surface area contributed by atoms with Crippen molar-refractivity contribution in [1.82, 2.24) is 0 Å². The topological polar surface area (TPSA) is 26.3 Å². The molecule has 0 amide bonds. The number of rotatable bonds is 2. The Morgan fingerprint density at radius 2 is 1.74 bits per heavy atom. The molecule has 0 bridgehead atoms. The van der Waals surface area contributed by atoms with Crippen molar-refractivity contribution in [3.63, 3.8) is 0 Å². The highest BCUT2D eigenvalue weighted by atomic mass is 79.9. The van der Waals surface area contributed by atoms with Gasteiger partial charge in [-0.1, -0.05) is 78.3 Å². The lowest BCUT2D eigenvalue weighted by molar-refractivity contribution is -0.159. The fourth-order valence-corrected chi connectivity index (χ4v) is 3.25. The summed E-state index contributed by atoms with van der Waals surface area (Å²) in [5.74, 6) is -0.167. The number of hydrogen-bond acceptors (Lipinski definition) is 2. The monoisotopic (exact) mass is 370 g/mol. The second kappa shape index (κ2) is 6.32. The van der Waals surface area contributed by atoms with Gasteiger partial charge in [-0.25, -0.2) is 0 Å². The summed E-state index contributed by atoms with van der Waals surface area (Å²) in [6, 6.07) is 18.1. The van der Waals surface area contributed by atoms with Crippen LogP contribution in [-0.4, -0.2) is 5.97 Å². The van der Waals surface area contributed by atoms with Gasteiger partial charge in [0.15, 0.2) is 0 Å². The van der Waals surface area contributed by atoms with Crippen LogP contribution in [0.2, 0.25) is 0 Å². The lowest BCUT2D eigenvalue weighted by atomic mass is 9.72. The quantitative estimate of drug-likeness (QED) is 0.648. The number of benzene rings is 2. The van der Waals surface area contributed by atoms with E-state index in [1.54, 1.807) is 0 Å². The van der Waals surface area contributed by atoms with Gasteiger partial charge in [0.05, 0.1) is 6.42 Å². The highest BCUT2D eigenvalue weighted by molar-refractivity contribution is 9.10. The van der Waals surface area contributed by atoms with Crippen molar-refractivity contribution in [2.24, 2.45) is 5.41 Å². The molecule has 1 heterocycles. The molecule has 2 aromatic rings. The number of esters is 1. The van der Waals surface area contributed by atoms with Crippen LogP contribution in [0, 0.1) is 5.41 Å². The molecule has 1 aliphatic heterocycles. The van der Waals surface area contributed by atoms with Crippen molar-refractivity contribution in [2.45, 2.75) is 26.4 Å². The zero-order valence-electron chi connectivity index (χ0n) is 13.3. The molecular formula is C20H19BrO2. The molecule has 0 aliphatic carbocycles. The SMILES string of the molecule is CC1(C)/C(=C/c2ccccc2)CC(=O)OC1c1ccc(Br)cc1. The number of carbonyl (C=O) groups is 1. The Labute approximate surface area is 145 Å². The molecule has 1 saturated heterocycles. The molecular weight excluding hydrogens is 352 g/mol. The van der Waals surface area contributed by atoms with Gasteiger partial charge in [-0.2, -0.15) is 0 Å². The molecule has 1 fully saturated rings. The van der Waals surface area contributed by atoms with Crippen LogP contribution in [-0.2, 0) is 9.53 Å². The normalized spacial score (nSPS) is 22.0. The Kier molecular flexibility index (Phi) is 4.40. The van der Waals surface area contributed by atoms with E-state index in [0.717, 1.165) is 21.2 Å². The van der Waals surface area contributed by atoms with Crippen LogP contribution in [0.1, 0.15) is 37.5 Å². The Morgan fingerprint density at radius 1 is 1.09 bits per heavy atom. The lowest BCUT2D eigenvalue weighted by Crippen LogP contribution is -2.34. The molecule has 1 atom stereocenters. The molecule has 3 rings (SSSR count). The van der Waals surface area contributed by atoms with E-state index in [-0.39, 0.29) is 17.5 Å². The summed E-state index contributed by atoms with van der Waals surface area (Å²) >= 11 is 3.45. The molecule has 3 heteroatoms. The average Bonchev–Trinajstić information content (AvgIpc) is 2.53. The molecule has 23 heavy (non-hydrogen) atoms. The first-order chi connectivity index (χ1) is 11.0. The van der Waals surface area contributed by atoms with Gasteiger partial charge in [0.1, 0.15) is 6.10 Å². The number of halogens is 1. The lowest BCUT2D eigenvalue weighted by Gasteiger charge is -2.40. The van der Waals surface area contributed by atoms with Crippen molar-refractivity contribution in [1.29, 1.82) is 0 Å². The van der Waals surface area contributed by atoms with Gasteiger partial charge in [-0.15, -0.1) is 0 Å². The third-order valence-corrected chi connectivity index (χ3v) is 4.91. The molecule has 0 saturated carbocycles. The van der Waals surface area contributed by atoms with Crippen molar-refractivity contribution in [2.75, 3.05) is 0 Å². The summed E-state index contributed by atoms with van der Waals surface area (Å²) < 4.78 is 6.72. The van der Waals surface area contributed by atoms with Gasteiger partial charge in [0, 0.05) is 9.89 Å². The largest absolute Gasteiger partial charge is 0.456 e. The highest BCUT2D eigenvalue weighted by Gasteiger charge is 2.42. The maximum atomic E-state index is 12.1. The van der Waals surface area contributed by atoms with E-state index in [9.17, 15) is 4.79 Å². The Balaban J connectivity index is 2.00. The molecule has 0 aromatic heterocycles. The zero-order chi connectivity index (χ0) is 16.4. The van der Waals surface area contributed by atoms with Gasteiger partial charge in [-0.05, 0) is 28.8 Å². The summed E-state index contributed by atoms with van der Waals surface area (Å²) in [6.45, 7) is 4.28. The summed E-state index contributed by atoms with van der Waals surface area (Å²) in [6.07, 6.45) is 2.19. The molecule has 2 nitrogen and oxygen atoms in total. The minimum Gasteiger partial charge on any atom is -0.456 e. The van der Waals surface area contributed by atoms with Gasteiger partial charge in [0.2, 0.25) is 0 Å². The second-order valence-corrected chi connectivity index (χ2v) is 7.32. The molecule has 118 valence electrons. The van der Waals surface area contributed by atoms with Crippen molar-refractivity contribution in [3.05, 3.63) is 75.8 Å². The highest BCUT2D eigenvalue weighted by Crippen LogP contribution is 2.48. The predicted octanol–water partition coefficient (Wildman–Crippen LogP) is 5.55. The number of ether oxygens (including phenoxy) is 1. The fraction of sp³-hybridized carbons (Fsp3) is 0.250. The first-order valence-electron chi connectivity index (χ1n) is 7.68. The molecule has 2 aromatic carbocycles. The second-order valence-electron chi connectivity index (χ2n) is 6.40. The summed E-state index contributed by atoms with van der Waals surface area (Å²) in [5, 5.41) is 0. The first kappa shape index (κ1) is 16.0. The molecule has 1 aliphatic rings. The van der Waals surface area contributed by atoms with Crippen LogP contribution < -0.4 is 0 Å². The maximum Gasteiger partial charge on any atom is 0.310 e.